The Morgan fingerprint density at radius 3 is 2.39 bits per heavy atom. The number of hydrogen-bond acceptors (Lipinski definition) is 4. The van der Waals surface area contributed by atoms with Gasteiger partial charge in [0.1, 0.15) is 10.6 Å². The van der Waals surface area contributed by atoms with Crippen LogP contribution in [0.5, 0.6) is 0 Å². The van der Waals surface area contributed by atoms with Crippen LogP contribution in [0.3, 0.4) is 0 Å². The minimum absolute atomic E-state index is 0.256. The molecule has 5 heteroatoms. The molecule has 0 spiro atoms. The van der Waals surface area contributed by atoms with Crippen LogP contribution in [0.15, 0.2) is 48.5 Å². The van der Waals surface area contributed by atoms with Gasteiger partial charge in [0.15, 0.2) is 0 Å². The Labute approximate surface area is 193 Å². The molecular formula is C26H28ClN3S. The molecule has 0 aliphatic rings. The average molecular weight is 450 g/mol. The van der Waals surface area contributed by atoms with Crippen LogP contribution < -0.4 is 4.90 Å². The van der Waals surface area contributed by atoms with Crippen molar-refractivity contribution in [1.29, 1.82) is 0 Å². The summed E-state index contributed by atoms with van der Waals surface area (Å²) in [6.45, 7) is 11.7. The van der Waals surface area contributed by atoms with Gasteiger partial charge in [0.25, 0.3) is 0 Å². The number of rotatable bonds is 6. The third kappa shape index (κ3) is 4.32. The van der Waals surface area contributed by atoms with Crippen LogP contribution in [0, 0.1) is 13.8 Å². The van der Waals surface area contributed by atoms with Gasteiger partial charge < -0.3 is 4.90 Å². The molecule has 31 heavy (non-hydrogen) atoms. The van der Waals surface area contributed by atoms with E-state index < -0.39 is 0 Å². The minimum atomic E-state index is 0.256. The smallest absolute Gasteiger partial charge is 0.225 e. The van der Waals surface area contributed by atoms with E-state index in [0.29, 0.717) is 5.28 Å². The van der Waals surface area contributed by atoms with Crippen molar-refractivity contribution in [2.75, 3.05) is 4.90 Å². The predicted octanol–water partition coefficient (Wildman–Crippen LogP) is 7.61. The Bertz CT molecular complexity index is 1210. The molecule has 0 atom stereocenters. The predicted molar refractivity (Wildman–Crippen MR) is 134 cm³/mol. The van der Waals surface area contributed by atoms with Crippen molar-refractivity contribution in [3.05, 3.63) is 75.4 Å². The van der Waals surface area contributed by atoms with E-state index >= 15 is 0 Å². The molecule has 4 rings (SSSR count). The van der Waals surface area contributed by atoms with Gasteiger partial charge in [0, 0.05) is 23.0 Å². The molecule has 0 aliphatic heterocycles. The lowest BCUT2D eigenvalue weighted by molar-refractivity contribution is 0.675. The summed E-state index contributed by atoms with van der Waals surface area (Å²) in [4.78, 5) is 14.0. The highest BCUT2D eigenvalue weighted by molar-refractivity contribution is 7.19. The fraction of sp³-hybridized carbons (Fsp3) is 0.308. The van der Waals surface area contributed by atoms with Crippen molar-refractivity contribution in [3.8, 4) is 11.1 Å². The molecule has 4 aromatic rings. The first-order valence-corrected chi connectivity index (χ1v) is 12.0. The maximum absolute atomic E-state index is 6.43. The quantitative estimate of drug-likeness (QED) is 0.283. The van der Waals surface area contributed by atoms with E-state index in [1.54, 1.807) is 11.3 Å². The van der Waals surface area contributed by atoms with E-state index in [2.05, 4.69) is 87.0 Å². The Kier molecular flexibility index (Phi) is 6.31. The van der Waals surface area contributed by atoms with Gasteiger partial charge in [0.2, 0.25) is 5.28 Å². The molecule has 0 N–H and O–H groups in total. The number of hydrogen-bond donors (Lipinski definition) is 0. The Morgan fingerprint density at radius 2 is 1.74 bits per heavy atom. The number of thiophene rings is 1. The Hall–Kier alpha value is -2.43. The van der Waals surface area contributed by atoms with Gasteiger partial charge in [-0.1, -0.05) is 55.5 Å². The zero-order valence-electron chi connectivity index (χ0n) is 18.7. The summed E-state index contributed by atoms with van der Waals surface area (Å²) in [5.74, 6) is 0.915. The normalized spacial score (nSPS) is 11.5. The van der Waals surface area contributed by atoms with Crippen LogP contribution in [0.1, 0.15) is 42.3 Å². The number of aryl methyl sites for hydroxylation is 3. The fourth-order valence-corrected chi connectivity index (χ4v) is 5.29. The maximum Gasteiger partial charge on any atom is 0.225 e. The second-order valence-electron chi connectivity index (χ2n) is 8.26. The molecule has 160 valence electrons. The number of fused-ring (bicyclic) bond motifs is 1. The van der Waals surface area contributed by atoms with Crippen LogP contribution in [0.2, 0.25) is 5.28 Å². The second-order valence-corrected chi connectivity index (χ2v) is 9.68. The summed E-state index contributed by atoms with van der Waals surface area (Å²) in [7, 11) is 0. The van der Waals surface area contributed by atoms with Crippen molar-refractivity contribution in [2.24, 2.45) is 0 Å². The summed E-state index contributed by atoms with van der Waals surface area (Å²) in [6.07, 6.45) is 0.945. The molecule has 0 amide bonds. The largest absolute Gasteiger partial charge is 0.349 e. The summed E-state index contributed by atoms with van der Waals surface area (Å²) in [6, 6.07) is 17.5. The molecule has 0 saturated carbocycles. The van der Waals surface area contributed by atoms with Crippen LogP contribution in [-0.2, 0) is 13.0 Å². The van der Waals surface area contributed by atoms with Crippen LogP contribution in [0.25, 0.3) is 21.3 Å². The van der Waals surface area contributed by atoms with Gasteiger partial charge in [-0.15, -0.1) is 11.3 Å². The highest BCUT2D eigenvalue weighted by atomic mass is 35.5. The number of benzene rings is 2. The summed E-state index contributed by atoms with van der Waals surface area (Å²) in [5, 5.41) is 1.41. The number of halogens is 1. The van der Waals surface area contributed by atoms with Crippen molar-refractivity contribution >= 4 is 39.0 Å². The first kappa shape index (κ1) is 21.8. The van der Waals surface area contributed by atoms with Crippen molar-refractivity contribution < 1.29 is 0 Å². The van der Waals surface area contributed by atoms with Gasteiger partial charge in [-0.05, 0) is 68.0 Å². The molecule has 2 heterocycles. The molecule has 2 aromatic carbocycles. The fourth-order valence-electron chi connectivity index (χ4n) is 3.94. The lowest BCUT2D eigenvalue weighted by atomic mass is 9.98. The van der Waals surface area contributed by atoms with Crippen LogP contribution in [-0.4, -0.2) is 16.0 Å². The standard InChI is InChI=1S/C26H28ClN3S/c1-6-21-22(20-13-12-17(4)18(5)14-20)23-24(28-26(27)29-25(23)31-21)30(16(2)3)15-19-10-8-7-9-11-19/h7-14,16H,6,15H2,1-5H3. The van der Waals surface area contributed by atoms with E-state index in [0.717, 1.165) is 29.0 Å². The van der Waals surface area contributed by atoms with E-state index in [1.807, 2.05) is 6.07 Å². The van der Waals surface area contributed by atoms with Crippen molar-refractivity contribution in [1.82, 2.24) is 9.97 Å². The second kappa shape index (κ2) is 8.97. The summed E-state index contributed by atoms with van der Waals surface area (Å²) in [5.41, 5.74) is 6.31. The summed E-state index contributed by atoms with van der Waals surface area (Å²) >= 11 is 8.16. The highest BCUT2D eigenvalue weighted by Gasteiger charge is 2.24. The SMILES string of the molecule is CCc1sc2nc(Cl)nc(N(Cc3ccccc3)C(C)C)c2c1-c1ccc(C)c(C)c1. The molecular weight excluding hydrogens is 422 g/mol. The first-order valence-electron chi connectivity index (χ1n) is 10.8. The van der Waals surface area contributed by atoms with Gasteiger partial charge in [-0.3, -0.25) is 0 Å². The number of nitrogens with zero attached hydrogens (tertiary/aromatic N) is 3. The van der Waals surface area contributed by atoms with E-state index in [1.165, 1.54) is 32.7 Å². The highest BCUT2D eigenvalue weighted by Crippen LogP contribution is 2.44. The summed E-state index contributed by atoms with van der Waals surface area (Å²) < 4.78 is 0. The third-order valence-corrected chi connectivity index (χ3v) is 7.18. The monoisotopic (exact) mass is 449 g/mol. The molecule has 2 aromatic heterocycles. The minimum Gasteiger partial charge on any atom is -0.349 e. The van der Waals surface area contributed by atoms with Gasteiger partial charge in [-0.2, -0.15) is 4.98 Å². The zero-order chi connectivity index (χ0) is 22.1. The van der Waals surface area contributed by atoms with Gasteiger partial charge in [-0.25, -0.2) is 4.98 Å². The van der Waals surface area contributed by atoms with E-state index in [4.69, 9.17) is 16.6 Å². The van der Waals surface area contributed by atoms with E-state index in [-0.39, 0.29) is 6.04 Å². The van der Waals surface area contributed by atoms with Gasteiger partial charge in [0.05, 0.1) is 5.39 Å². The number of anilines is 1. The lowest BCUT2D eigenvalue weighted by Crippen LogP contribution is -2.31. The lowest BCUT2D eigenvalue weighted by Gasteiger charge is -2.29. The molecule has 0 saturated heterocycles. The molecule has 0 radical (unpaired) electrons. The Morgan fingerprint density at radius 1 is 1.00 bits per heavy atom. The zero-order valence-corrected chi connectivity index (χ0v) is 20.3. The van der Waals surface area contributed by atoms with Crippen LogP contribution >= 0.6 is 22.9 Å². The first-order chi connectivity index (χ1) is 14.9. The van der Waals surface area contributed by atoms with Crippen LogP contribution in [0.4, 0.5) is 5.82 Å². The molecule has 0 bridgehead atoms. The maximum atomic E-state index is 6.43. The molecule has 0 aliphatic carbocycles. The average Bonchev–Trinajstić information content (AvgIpc) is 3.12. The molecule has 0 fully saturated rings. The number of aromatic nitrogens is 2. The third-order valence-electron chi connectivity index (χ3n) is 5.79. The molecule has 0 unspecified atom stereocenters. The van der Waals surface area contributed by atoms with Crippen molar-refractivity contribution in [3.63, 3.8) is 0 Å². The molecule has 3 nitrogen and oxygen atoms in total. The van der Waals surface area contributed by atoms with Gasteiger partial charge >= 0.3 is 0 Å². The van der Waals surface area contributed by atoms with Crippen molar-refractivity contribution in [2.45, 2.75) is 53.6 Å². The van der Waals surface area contributed by atoms with E-state index in [9.17, 15) is 0 Å². The Balaban J connectivity index is 1.98. The topological polar surface area (TPSA) is 29.0 Å².